The molecule has 1 aliphatic rings. The van der Waals surface area contributed by atoms with Gasteiger partial charge in [0.05, 0.1) is 15.5 Å². The fourth-order valence-electron chi connectivity index (χ4n) is 1.01. The van der Waals surface area contributed by atoms with E-state index in [0.29, 0.717) is 10.6 Å². The van der Waals surface area contributed by atoms with Gasteiger partial charge >= 0.3 is 0 Å². The summed E-state index contributed by atoms with van der Waals surface area (Å²) in [6.07, 6.45) is 1.34. The summed E-state index contributed by atoms with van der Waals surface area (Å²) in [6.45, 7) is 0. The lowest BCUT2D eigenvalue weighted by molar-refractivity contribution is 0.565. The van der Waals surface area contributed by atoms with Crippen LogP contribution in [0.5, 0.6) is 0 Å². The Balaban J connectivity index is 2.61. The van der Waals surface area contributed by atoms with Gasteiger partial charge in [0.1, 0.15) is 0 Å². The largest absolute Gasteiger partial charge is 0.240 e. The molecule has 0 unspecified atom stereocenters. The van der Waals surface area contributed by atoms with Crippen molar-refractivity contribution in [1.29, 1.82) is 0 Å². The van der Waals surface area contributed by atoms with Crippen molar-refractivity contribution in [2.24, 2.45) is 4.99 Å². The van der Waals surface area contributed by atoms with Crippen molar-refractivity contribution in [3.05, 3.63) is 18.2 Å². The van der Waals surface area contributed by atoms with Gasteiger partial charge in [-0.2, -0.15) is 4.99 Å². The van der Waals surface area contributed by atoms with E-state index in [1.54, 1.807) is 0 Å². The highest BCUT2D eigenvalue weighted by Gasteiger charge is 2.38. The molecule has 0 aliphatic carbocycles. The summed E-state index contributed by atoms with van der Waals surface area (Å²) in [7, 11) is -3.11. The molecule has 0 saturated carbocycles. The molecule has 1 aromatic rings. The average Bonchev–Trinajstić information content (AvgIpc) is 2.55. The number of aliphatic imine (C=N–C) groups is 1. The van der Waals surface area contributed by atoms with Gasteiger partial charge in [0, 0.05) is 0 Å². The summed E-state index contributed by atoms with van der Waals surface area (Å²) in [5.74, 6) is 0. The maximum Gasteiger partial charge on any atom is 0.240 e. The first-order chi connectivity index (χ1) is 5.66. The molecule has 0 fully saturated rings. The normalized spacial score (nSPS) is 16.0. The molecule has 0 bridgehead atoms. The topological polar surface area (TPSA) is 63.6 Å². The summed E-state index contributed by atoms with van der Waals surface area (Å²) in [6, 6.07) is 4.25. The Labute approximate surface area is 68.5 Å². The van der Waals surface area contributed by atoms with Gasteiger partial charge in [0.25, 0.3) is 0 Å². The quantitative estimate of drug-likeness (QED) is 0.371. The Morgan fingerprint density at radius 3 is 2.58 bits per heavy atom. The summed E-state index contributed by atoms with van der Waals surface area (Å²) < 4.78 is 21.9. The fraction of sp³-hybridized carbons (Fsp3) is 0. The minimum absolute atomic E-state index is 0.263. The second kappa shape index (κ2) is 2.03. The number of sulfone groups is 1. The Morgan fingerprint density at radius 1 is 1.25 bits per heavy atom. The third-order valence-corrected chi connectivity index (χ3v) is 3.29. The summed E-state index contributed by atoms with van der Waals surface area (Å²) in [4.78, 5) is 13.7. The first-order valence-electron chi connectivity index (χ1n) is 3.13. The van der Waals surface area contributed by atoms with Crippen LogP contribution < -0.4 is 0 Å². The maximum absolute atomic E-state index is 10.9. The minimum atomic E-state index is -3.11. The number of hydrogen-bond acceptors (Lipinski definition) is 4. The number of nitrogens with zero attached hydrogens (tertiary/aromatic N) is 1. The highest BCUT2D eigenvalue weighted by molar-refractivity contribution is 7.97. The summed E-state index contributed by atoms with van der Waals surface area (Å²) in [5, 5.41) is 0. The van der Waals surface area contributed by atoms with Gasteiger partial charge in [-0.3, -0.25) is 0 Å². The van der Waals surface area contributed by atoms with E-state index in [9.17, 15) is 13.2 Å². The van der Waals surface area contributed by atoms with E-state index in [1.807, 2.05) is 0 Å². The molecular weight excluding hydrogens is 178 g/mol. The molecule has 0 atom stereocenters. The van der Waals surface area contributed by atoms with Crippen LogP contribution in [0.4, 0.5) is 5.69 Å². The molecule has 0 aromatic heterocycles. The molecule has 2 rings (SSSR count). The molecule has 0 spiro atoms. The SMILES string of the molecule is O=C=Nc1ccc2c(c1)S2(=O)=O. The first kappa shape index (κ1) is 7.21. The van der Waals surface area contributed by atoms with Crippen LogP contribution in [0.25, 0.3) is 0 Å². The molecule has 0 radical (unpaired) electrons. The van der Waals surface area contributed by atoms with Gasteiger partial charge in [-0.25, -0.2) is 13.2 Å². The molecule has 5 heteroatoms. The summed E-state index contributed by atoms with van der Waals surface area (Å²) in [5.41, 5.74) is 0.324. The Hall–Kier alpha value is -1.45. The van der Waals surface area contributed by atoms with Crippen LogP contribution >= 0.6 is 0 Å². The highest BCUT2D eigenvalue weighted by Crippen LogP contribution is 2.41. The smallest absolute Gasteiger partial charge is 0.218 e. The lowest BCUT2D eigenvalue weighted by Crippen LogP contribution is -1.66. The number of rotatable bonds is 1. The molecule has 4 nitrogen and oxygen atoms in total. The molecule has 0 N–H and O–H groups in total. The van der Waals surface area contributed by atoms with Crippen molar-refractivity contribution in [2.45, 2.75) is 9.79 Å². The standard InChI is InChI=1S/C7H3NO3S/c9-4-8-5-1-2-6-7(3-5)12(6,10)11/h1-3H. The number of benzene rings is 1. The van der Waals surface area contributed by atoms with Crippen LogP contribution in [0.3, 0.4) is 0 Å². The van der Waals surface area contributed by atoms with Crippen LogP contribution in [-0.4, -0.2) is 14.5 Å². The van der Waals surface area contributed by atoms with E-state index >= 15 is 0 Å². The zero-order valence-corrected chi connectivity index (χ0v) is 6.63. The van der Waals surface area contributed by atoms with E-state index in [2.05, 4.69) is 4.99 Å². The zero-order valence-electron chi connectivity index (χ0n) is 5.81. The van der Waals surface area contributed by atoms with Gasteiger partial charge in [-0.15, -0.1) is 0 Å². The van der Waals surface area contributed by atoms with Crippen LogP contribution in [-0.2, 0) is 14.6 Å². The van der Waals surface area contributed by atoms with Crippen LogP contribution in [0, 0.1) is 0 Å². The number of hydrogen-bond donors (Lipinski definition) is 0. The van der Waals surface area contributed by atoms with Crippen LogP contribution in [0.1, 0.15) is 0 Å². The molecule has 1 heterocycles. The van der Waals surface area contributed by atoms with Gasteiger partial charge < -0.3 is 0 Å². The number of fused-ring (bicyclic) bond motifs is 1. The number of isocyanates is 1. The van der Waals surface area contributed by atoms with Crippen molar-refractivity contribution in [1.82, 2.24) is 0 Å². The summed E-state index contributed by atoms with van der Waals surface area (Å²) >= 11 is 0. The second-order valence-electron chi connectivity index (χ2n) is 2.34. The fourth-order valence-corrected chi connectivity index (χ4v) is 2.31. The lowest BCUT2D eigenvalue weighted by atomic mass is 10.3. The predicted octanol–water partition coefficient (Wildman–Crippen LogP) is 0.800. The van der Waals surface area contributed by atoms with Gasteiger partial charge in [-0.05, 0) is 18.2 Å². The van der Waals surface area contributed by atoms with Crippen molar-refractivity contribution < 1.29 is 13.2 Å². The van der Waals surface area contributed by atoms with Gasteiger partial charge in [-0.1, -0.05) is 0 Å². The van der Waals surface area contributed by atoms with E-state index < -0.39 is 9.84 Å². The van der Waals surface area contributed by atoms with Crippen molar-refractivity contribution in [3.8, 4) is 0 Å². The highest BCUT2D eigenvalue weighted by atomic mass is 32.2. The average molecular weight is 181 g/mol. The minimum Gasteiger partial charge on any atom is -0.218 e. The van der Waals surface area contributed by atoms with Crippen molar-refractivity contribution in [2.75, 3.05) is 0 Å². The zero-order chi connectivity index (χ0) is 8.77. The molecule has 1 aromatic carbocycles. The lowest BCUT2D eigenvalue weighted by Gasteiger charge is -1.80. The molecular formula is C7H3NO3S. The second-order valence-corrected chi connectivity index (χ2v) is 4.22. The number of carbonyl (C=O) groups excluding carboxylic acids is 1. The molecule has 1 aliphatic heterocycles. The molecule has 0 saturated heterocycles. The maximum atomic E-state index is 10.9. The third-order valence-electron chi connectivity index (χ3n) is 1.64. The van der Waals surface area contributed by atoms with Crippen molar-refractivity contribution in [3.63, 3.8) is 0 Å². The van der Waals surface area contributed by atoms with Crippen molar-refractivity contribution >= 4 is 21.6 Å². The van der Waals surface area contributed by atoms with Gasteiger partial charge in [0.2, 0.25) is 15.9 Å². The Morgan fingerprint density at radius 2 is 2.00 bits per heavy atom. The molecule has 0 amide bonds. The van der Waals surface area contributed by atoms with E-state index in [-0.39, 0.29) is 4.90 Å². The third kappa shape index (κ3) is 0.809. The van der Waals surface area contributed by atoms with E-state index in [1.165, 1.54) is 24.3 Å². The van der Waals surface area contributed by atoms with E-state index in [0.717, 1.165) is 0 Å². The van der Waals surface area contributed by atoms with Crippen LogP contribution in [0.2, 0.25) is 0 Å². The monoisotopic (exact) mass is 181 g/mol. The Kier molecular flexibility index (Phi) is 1.22. The van der Waals surface area contributed by atoms with Crippen LogP contribution in [0.15, 0.2) is 33.0 Å². The van der Waals surface area contributed by atoms with E-state index in [4.69, 9.17) is 0 Å². The Bertz CT molecular complexity index is 497. The molecule has 60 valence electrons. The molecule has 12 heavy (non-hydrogen) atoms. The first-order valence-corrected chi connectivity index (χ1v) is 4.61. The predicted molar refractivity (Wildman–Crippen MR) is 39.7 cm³/mol. The van der Waals surface area contributed by atoms with Gasteiger partial charge in [0.15, 0.2) is 0 Å².